The minimum atomic E-state index is -0.394. The molecule has 0 aliphatic heterocycles. The Morgan fingerprint density at radius 3 is 2.52 bits per heavy atom. The first-order valence-corrected chi connectivity index (χ1v) is 6.60. The van der Waals surface area contributed by atoms with Crippen molar-refractivity contribution in [3.05, 3.63) is 57.6 Å². The number of hydrogen-bond donors (Lipinski definition) is 3. The molecule has 2 aromatic carbocycles. The van der Waals surface area contributed by atoms with Crippen LogP contribution >= 0.6 is 23.2 Å². The van der Waals surface area contributed by atoms with Crippen molar-refractivity contribution in [3.63, 3.8) is 0 Å². The average Bonchev–Trinajstić information content (AvgIpc) is 2.44. The summed E-state index contributed by atoms with van der Waals surface area (Å²) < 4.78 is 0. The van der Waals surface area contributed by atoms with Crippen molar-refractivity contribution < 1.29 is 9.90 Å². The van der Waals surface area contributed by atoms with E-state index in [1.807, 2.05) is 0 Å². The maximum Gasteiger partial charge on any atom is 0.271 e. The number of carbonyl (C=O) groups excluding carboxylic acids is 1. The highest BCUT2D eigenvalue weighted by Crippen LogP contribution is 2.32. The number of carbonyl (C=O) groups is 1. The number of amides is 1. The molecule has 5 nitrogen and oxygen atoms in total. The topological polar surface area (TPSA) is 87.7 Å². The molecular formula is C14H11Cl2N3O2. The molecule has 108 valence electrons. The second-order valence-corrected chi connectivity index (χ2v) is 4.97. The molecule has 0 aliphatic rings. The van der Waals surface area contributed by atoms with E-state index in [1.54, 1.807) is 24.3 Å². The van der Waals surface area contributed by atoms with E-state index in [-0.39, 0.29) is 15.8 Å². The minimum Gasteiger partial charge on any atom is -0.505 e. The Morgan fingerprint density at radius 1 is 1.24 bits per heavy atom. The molecule has 0 aliphatic carbocycles. The van der Waals surface area contributed by atoms with Gasteiger partial charge in [-0.3, -0.25) is 4.79 Å². The number of nitrogens with one attached hydrogen (secondary N) is 1. The maximum atomic E-state index is 11.8. The average molecular weight is 324 g/mol. The summed E-state index contributed by atoms with van der Waals surface area (Å²) in [6, 6.07) is 9.46. The molecule has 4 N–H and O–H groups in total. The number of nitrogen functional groups attached to an aromatic ring is 1. The fourth-order valence-corrected chi connectivity index (χ4v) is 2.07. The molecule has 0 saturated carbocycles. The van der Waals surface area contributed by atoms with Crippen LogP contribution in [-0.2, 0) is 0 Å². The third kappa shape index (κ3) is 3.87. The van der Waals surface area contributed by atoms with Gasteiger partial charge < -0.3 is 10.8 Å². The molecule has 0 aromatic heterocycles. The quantitative estimate of drug-likeness (QED) is 0.461. The van der Waals surface area contributed by atoms with Crippen LogP contribution in [0.5, 0.6) is 5.75 Å². The Kier molecular flexibility index (Phi) is 4.67. The van der Waals surface area contributed by atoms with Gasteiger partial charge in [0.1, 0.15) is 0 Å². The second-order valence-electron chi connectivity index (χ2n) is 4.16. The van der Waals surface area contributed by atoms with E-state index < -0.39 is 5.91 Å². The SMILES string of the molecule is Nc1cccc(C(=O)N/N=C\c2cc(Cl)c(O)c(Cl)c2)c1. The molecule has 0 fully saturated rings. The summed E-state index contributed by atoms with van der Waals surface area (Å²) in [6.07, 6.45) is 1.36. The van der Waals surface area contributed by atoms with Gasteiger partial charge in [-0.2, -0.15) is 5.10 Å². The molecule has 21 heavy (non-hydrogen) atoms. The summed E-state index contributed by atoms with van der Waals surface area (Å²) in [6.45, 7) is 0. The fraction of sp³-hybridized carbons (Fsp3) is 0. The fourth-order valence-electron chi connectivity index (χ4n) is 1.57. The number of benzene rings is 2. The lowest BCUT2D eigenvalue weighted by molar-refractivity contribution is 0.0955. The highest BCUT2D eigenvalue weighted by atomic mass is 35.5. The van der Waals surface area contributed by atoms with Crippen LogP contribution in [0.1, 0.15) is 15.9 Å². The van der Waals surface area contributed by atoms with E-state index in [0.717, 1.165) is 0 Å². The summed E-state index contributed by atoms with van der Waals surface area (Å²) in [5.74, 6) is -0.589. The van der Waals surface area contributed by atoms with E-state index >= 15 is 0 Å². The zero-order valence-electron chi connectivity index (χ0n) is 10.7. The van der Waals surface area contributed by atoms with Crippen molar-refractivity contribution in [2.75, 3.05) is 5.73 Å². The number of rotatable bonds is 3. The van der Waals surface area contributed by atoms with Gasteiger partial charge in [0.15, 0.2) is 5.75 Å². The lowest BCUT2D eigenvalue weighted by Crippen LogP contribution is -2.17. The lowest BCUT2D eigenvalue weighted by Gasteiger charge is -2.02. The van der Waals surface area contributed by atoms with Crippen LogP contribution in [0.2, 0.25) is 10.0 Å². The monoisotopic (exact) mass is 323 g/mol. The number of halogens is 2. The molecule has 0 heterocycles. The normalized spacial score (nSPS) is 10.8. The van der Waals surface area contributed by atoms with Gasteiger partial charge >= 0.3 is 0 Å². The first-order valence-electron chi connectivity index (χ1n) is 5.84. The van der Waals surface area contributed by atoms with Gasteiger partial charge in [-0.25, -0.2) is 5.43 Å². The first-order chi connectivity index (χ1) is 9.97. The van der Waals surface area contributed by atoms with Gasteiger partial charge in [0.25, 0.3) is 5.91 Å². The number of hydrogen-bond acceptors (Lipinski definition) is 4. The molecule has 7 heteroatoms. The van der Waals surface area contributed by atoms with Crippen LogP contribution in [0.25, 0.3) is 0 Å². The molecule has 0 unspecified atom stereocenters. The van der Waals surface area contributed by atoms with Crippen molar-refractivity contribution in [1.82, 2.24) is 5.43 Å². The second kappa shape index (κ2) is 6.47. The van der Waals surface area contributed by atoms with E-state index in [1.165, 1.54) is 18.3 Å². The number of hydrazone groups is 1. The van der Waals surface area contributed by atoms with Crippen LogP contribution in [0.4, 0.5) is 5.69 Å². The van der Waals surface area contributed by atoms with Gasteiger partial charge in [0.2, 0.25) is 0 Å². The molecular weight excluding hydrogens is 313 g/mol. The number of nitrogens with zero attached hydrogens (tertiary/aromatic N) is 1. The van der Waals surface area contributed by atoms with Gasteiger partial charge in [-0.1, -0.05) is 29.3 Å². The summed E-state index contributed by atoms with van der Waals surface area (Å²) >= 11 is 11.6. The van der Waals surface area contributed by atoms with Crippen molar-refractivity contribution in [2.45, 2.75) is 0 Å². The molecule has 2 rings (SSSR count). The molecule has 1 amide bonds. The molecule has 0 radical (unpaired) electrons. The summed E-state index contributed by atoms with van der Waals surface area (Å²) in [5.41, 5.74) is 9.37. The van der Waals surface area contributed by atoms with E-state index in [4.69, 9.17) is 28.9 Å². The summed E-state index contributed by atoms with van der Waals surface area (Å²) in [7, 11) is 0. The Balaban J connectivity index is 2.07. The Labute approximate surface area is 131 Å². The Bertz CT molecular complexity index is 694. The maximum absolute atomic E-state index is 11.8. The number of nitrogens with two attached hydrogens (primary N) is 1. The Hall–Kier alpha value is -2.24. The Morgan fingerprint density at radius 2 is 1.90 bits per heavy atom. The number of phenolic OH excluding ortho intramolecular Hbond substituents is 1. The standard InChI is InChI=1S/C14H11Cl2N3O2/c15-11-4-8(5-12(16)13(11)20)7-18-19-14(21)9-2-1-3-10(17)6-9/h1-7,20H,17H2,(H,19,21)/b18-7-. The van der Waals surface area contributed by atoms with E-state index in [2.05, 4.69) is 10.5 Å². The van der Waals surface area contributed by atoms with Gasteiger partial charge in [0.05, 0.1) is 16.3 Å². The lowest BCUT2D eigenvalue weighted by atomic mass is 10.2. The number of phenols is 1. The molecule has 0 saturated heterocycles. The van der Waals surface area contributed by atoms with Crippen molar-refractivity contribution >= 4 is 41.0 Å². The first kappa shape index (κ1) is 15.2. The highest BCUT2D eigenvalue weighted by molar-refractivity contribution is 6.37. The van der Waals surface area contributed by atoms with E-state index in [0.29, 0.717) is 16.8 Å². The van der Waals surface area contributed by atoms with Gasteiger partial charge in [-0.15, -0.1) is 0 Å². The largest absolute Gasteiger partial charge is 0.505 e. The zero-order valence-corrected chi connectivity index (χ0v) is 12.2. The predicted molar refractivity (Wildman–Crippen MR) is 84.0 cm³/mol. The molecule has 2 aromatic rings. The van der Waals surface area contributed by atoms with Crippen molar-refractivity contribution in [2.24, 2.45) is 5.10 Å². The van der Waals surface area contributed by atoms with Crippen LogP contribution in [0, 0.1) is 0 Å². The summed E-state index contributed by atoms with van der Waals surface area (Å²) in [4.78, 5) is 11.8. The molecule has 0 atom stereocenters. The van der Waals surface area contributed by atoms with Crippen LogP contribution in [0.3, 0.4) is 0 Å². The molecule has 0 spiro atoms. The van der Waals surface area contributed by atoms with E-state index in [9.17, 15) is 9.90 Å². The smallest absolute Gasteiger partial charge is 0.271 e. The van der Waals surface area contributed by atoms with Crippen molar-refractivity contribution in [3.8, 4) is 5.75 Å². The number of aromatic hydroxyl groups is 1. The third-order valence-corrected chi connectivity index (χ3v) is 3.14. The van der Waals surface area contributed by atoms with Gasteiger partial charge in [-0.05, 0) is 35.9 Å². The minimum absolute atomic E-state index is 0.103. The highest BCUT2D eigenvalue weighted by Gasteiger charge is 2.06. The van der Waals surface area contributed by atoms with Crippen LogP contribution in [0.15, 0.2) is 41.5 Å². The summed E-state index contributed by atoms with van der Waals surface area (Å²) in [5, 5.41) is 13.4. The van der Waals surface area contributed by atoms with Crippen molar-refractivity contribution in [1.29, 1.82) is 0 Å². The van der Waals surface area contributed by atoms with Crippen LogP contribution in [-0.4, -0.2) is 17.2 Å². The van der Waals surface area contributed by atoms with Crippen LogP contribution < -0.4 is 11.2 Å². The third-order valence-electron chi connectivity index (χ3n) is 2.57. The zero-order chi connectivity index (χ0) is 15.4. The predicted octanol–water partition coefficient (Wildman–Crippen LogP) is 3.05. The number of anilines is 1. The molecule has 0 bridgehead atoms. The van der Waals surface area contributed by atoms with Gasteiger partial charge in [0, 0.05) is 11.3 Å².